The molecule has 1 atom stereocenters. The van der Waals surface area contributed by atoms with Crippen LogP contribution in [0.25, 0.3) is 10.9 Å². The highest BCUT2D eigenvalue weighted by Crippen LogP contribution is 2.25. The van der Waals surface area contributed by atoms with Crippen LogP contribution < -0.4 is 4.74 Å². The van der Waals surface area contributed by atoms with Crippen LogP contribution in [0.1, 0.15) is 32.6 Å². The Bertz CT molecular complexity index is 590. The van der Waals surface area contributed by atoms with Crippen molar-refractivity contribution in [2.45, 2.75) is 44.8 Å². The second kappa shape index (κ2) is 7.16. The average Bonchev–Trinajstić information content (AvgIpc) is 3.21. The van der Waals surface area contributed by atoms with Crippen molar-refractivity contribution in [3.05, 3.63) is 30.5 Å². The number of hydrogen-bond donors (Lipinski definition) is 2. The number of likely N-dealkylation sites (N-methyl/N-ethyl adjacent to an activating group) is 1. The summed E-state index contributed by atoms with van der Waals surface area (Å²) in [6, 6.07) is 8.60. The molecule has 1 aliphatic rings. The molecule has 1 fully saturated rings. The molecule has 120 valence electrons. The summed E-state index contributed by atoms with van der Waals surface area (Å²) in [4.78, 5) is 5.58. The number of aromatic amines is 1. The molecule has 1 aromatic heterocycles. The smallest absolute Gasteiger partial charge is 0.128 e. The number of fused-ring (bicyclic) bond motifs is 1. The minimum atomic E-state index is -0.449. The Labute approximate surface area is 132 Å². The van der Waals surface area contributed by atoms with E-state index in [1.807, 2.05) is 30.5 Å². The number of H-pyrrole nitrogens is 1. The fraction of sp³-hybridized carbons (Fsp3) is 0.556. The number of aliphatic hydroxyl groups excluding tert-OH is 1. The van der Waals surface area contributed by atoms with Crippen molar-refractivity contribution < 1.29 is 9.84 Å². The molecule has 1 heterocycles. The van der Waals surface area contributed by atoms with Crippen LogP contribution in [0.15, 0.2) is 30.5 Å². The van der Waals surface area contributed by atoms with Crippen LogP contribution in [0.3, 0.4) is 0 Å². The lowest BCUT2D eigenvalue weighted by Gasteiger charge is -2.29. The molecule has 4 nitrogen and oxygen atoms in total. The van der Waals surface area contributed by atoms with Crippen molar-refractivity contribution in [1.82, 2.24) is 9.88 Å². The SMILES string of the molecule is CCN(CC(O)COc1cccc2[nH]ccc12)C1CCCC1. The third-order valence-corrected chi connectivity index (χ3v) is 4.68. The Morgan fingerprint density at radius 3 is 2.91 bits per heavy atom. The molecule has 1 aliphatic carbocycles. The van der Waals surface area contributed by atoms with Crippen molar-refractivity contribution in [3.63, 3.8) is 0 Å². The number of ether oxygens (including phenoxy) is 1. The van der Waals surface area contributed by atoms with Crippen LogP contribution >= 0.6 is 0 Å². The first-order chi connectivity index (χ1) is 10.8. The van der Waals surface area contributed by atoms with E-state index in [-0.39, 0.29) is 0 Å². The Hall–Kier alpha value is -1.52. The topological polar surface area (TPSA) is 48.5 Å². The molecular weight excluding hydrogens is 276 g/mol. The van der Waals surface area contributed by atoms with Gasteiger partial charge >= 0.3 is 0 Å². The van der Waals surface area contributed by atoms with E-state index in [1.54, 1.807) is 0 Å². The van der Waals surface area contributed by atoms with E-state index in [9.17, 15) is 5.11 Å². The molecule has 3 rings (SSSR count). The number of rotatable bonds is 7. The van der Waals surface area contributed by atoms with E-state index in [0.717, 1.165) is 23.2 Å². The number of aromatic nitrogens is 1. The van der Waals surface area contributed by atoms with Gasteiger partial charge in [0.1, 0.15) is 18.5 Å². The molecule has 0 saturated heterocycles. The summed E-state index contributed by atoms with van der Waals surface area (Å²) in [5.41, 5.74) is 1.06. The Balaban J connectivity index is 1.55. The Morgan fingerprint density at radius 2 is 2.14 bits per heavy atom. The molecule has 0 spiro atoms. The van der Waals surface area contributed by atoms with E-state index in [1.165, 1.54) is 25.7 Å². The predicted octanol–water partition coefficient (Wildman–Crippen LogP) is 3.17. The number of nitrogens with zero attached hydrogens (tertiary/aromatic N) is 1. The largest absolute Gasteiger partial charge is 0.490 e. The van der Waals surface area contributed by atoms with Gasteiger partial charge in [0.2, 0.25) is 0 Å². The van der Waals surface area contributed by atoms with Gasteiger partial charge in [-0.1, -0.05) is 25.8 Å². The maximum Gasteiger partial charge on any atom is 0.128 e. The highest BCUT2D eigenvalue weighted by atomic mass is 16.5. The lowest BCUT2D eigenvalue weighted by Crippen LogP contribution is -2.41. The van der Waals surface area contributed by atoms with Gasteiger partial charge in [-0.05, 0) is 37.6 Å². The van der Waals surface area contributed by atoms with Crippen molar-refractivity contribution in [1.29, 1.82) is 0 Å². The van der Waals surface area contributed by atoms with Crippen molar-refractivity contribution >= 4 is 10.9 Å². The summed E-state index contributed by atoms with van der Waals surface area (Å²) in [7, 11) is 0. The standard InChI is InChI=1S/C18H26N2O2/c1-2-20(14-6-3-4-7-14)12-15(21)13-22-18-9-5-8-17-16(18)10-11-19-17/h5,8-11,14-15,19,21H,2-4,6-7,12-13H2,1H3. The molecule has 0 amide bonds. The molecule has 22 heavy (non-hydrogen) atoms. The van der Waals surface area contributed by atoms with Gasteiger partial charge in [0.05, 0.1) is 0 Å². The first kappa shape index (κ1) is 15.4. The van der Waals surface area contributed by atoms with Gasteiger partial charge in [0.15, 0.2) is 0 Å². The van der Waals surface area contributed by atoms with E-state index in [4.69, 9.17) is 4.74 Å². The average molecular weight is 302 g/mol. The van der Waals surface area contributed by atoms with E-state index in [2.05, 4.69) is 16.8 Å². The van der Waals surface area contributed by atoms with E-state index < -0.39 is 6.10 Å². The molecule has 2 aromatic rings. The van der Waals surface area contributed by atoms with Gasteiger partial charge in [0.25, 0.3) is 0 Å². The summed E-state index contributed by atoms with van der Waals surface area (Å²) in [5, 5.41) is 11.4. The minimum absolute atomic E-state index is 0.341. The van der Waals surface area contributed by atoms with E-state index >= 15 is 0 Å². The van der Waals surface area contributed by atoms with Gasteiger partial charge in [-0.15, -0.1) is 0 Å². The zero-order chi connectivity index (χ0) is 15.4. The summed E-state index contributed by atoms with van der Waals surface area (Å²) >= 11 is 0. The van der Waals surface area contributed by atoms with Crippen molar-refractivity contribution in [3.8, 4) is 5.75 Å². The third kappa shape index (κ3) is 3.45. The normalized spacial score (nSPS) is 17.4. The van der Waals surface area contributed by atoms with Gasteiger partial charge in [-0.3, -0.25) is 4.90 Å². The summed E-state index contributed by atoms with van der Waals surface area (Å²) in [5.74, 6) is 0.835. The molecule has 0 bridgehead atoms. The molecule has 1 saturated carbocycles. The van der Waals surface area contributed by atoms with Crippen LogP contribution in [0.4, 0.5) is 0 Å². The summed E-state index contributed by atoms with van der Waals surface area (Å²) in [6.07, 6.45) is 6.64. The van der Waals surface area contributed by atoms with Crippen LogP contribution in [0, 0.1) is 0 Å². The molecular formula is C18H26N2O2. The zero-order valence-electron chi connectivity index (χ0n) is 13.3. The second-order valence-electron chi connectivity index (χ2n) is 6.19. The molecule has 4 heteroatoms. The predicted molar refractivity (Wildman–Crippen MR) is 89.3 cm³/mol. The van der Waals surface area contributed by atoms with Crippen molar-refractivity contribution in [2.75, 3.05) is 19.7 Å². The first-order valence-corrected chi connectivity index (χ1v) is 8.39. The van der Waals surface area contributed by atoms with Crippen LogP contribution in [0.5, 0.6) is 5.75 Å². The molecule has 0 aliphatic heterocycles. The van der Waals surface area contributed by atoms with Gasteiger partial charge in [-0.25, -0.2) is 0 Å². The quantitative estimate of drug-likeness (QED) is 0.826. The maximum atomic E-state index is 10.3. The monoisotopic (exact) mass is 302 g/mol. The van der Waals surface area contributed by atoms with Crippen LogP contribution in [-0.2, 0) is 0 Å². The van der Waals surface area contributed by atoms with Gasteiger partial charge in [-0.2, -0.15) is 0 Å². The van der Waals surface area contributed by atoms with E-state index in [0.29, 0.717) is 19.2 Å². The van der Waals surface area contributed by atoms with Crippen molar-refractivity contribution in [2.24, 2.45) is 0 Å². The number of benzene rings is 1. The molecule has 0 radical (unpaired) electrons. The number of aliphatic hydroxyl groups is 1. The minimum Gasteiger partial charge on any atom is -0.490 e. The maximum absolute atomic E-state index is 10.3. The Morgan fingerprint density at radius 1 is 1.32 bits per heavy atom. The second-order valence-corrected chi connectivity index (χ2v) is 6.19. The summed E-state index contributed by atoms with van der Waals surface area (Å²) in [6.45, 7) is 4.21. The van der Waals surface area contributed by atoms with Gasteiger partial charge < -0.3 is 14.8 Å². The molecule has 1 aromatic carbocycles. The van der Waals surface area contributed by atoms with Crippen LogP contribution in [0.2, 0.25) is 0 Å². The number of nitrogens with one attached hydrogen (secondary N) is 1. The fourth-order valence-corrected chi connectivity index (χ4v) is 3.50. The number of hydrogen-bond acceptors (Lipinski definition) is 3. The highest BCUT2D eigenvalue weighted by molar-refractivity contribution is 5.85. The third-order valence-electron chi connectivity index (χ3n) is 4.68. The lowest BCUT2D eigenvalue weighted by atomic mass is 10.2. The van der Waals surface area contributed by atoms with Crippen LogP contribution in [-0.4, -0.2) is 46.8 Å². The van der Waals surface area contributed by atoms with Gasteiger partial charge in [0, 0.05) is 29.7 Å². The lowest BCUT2D eigenvalue weighted by molar-refractivity contribution is 0.0555. The highest BCUT2D eigenvalue weighted by Gasteiger charge is 2.23. The molecule has 2 N–H and O–H groups in total. The molecule has 1 unspecified atom stereocenters. The first-order valence-electron chi connectivity index (χ1n) is 8.39. The zero-order valence-corrected chi connectivity index (χ0v) is 13.3. The Kier molecular flexibility index (Phi) is 5.01. The summed E-state index contributed by atoms with van der Waals surface area (Å²) < 4.78 is 5.85. The fourth-order valence-electron chi connectivity index (χ4n) is 3.50.